The lowest BCUT2D eigenvalue weighted by Crippen LogP contribution is -2.36. The summed E-state index contributed by atoms with van der Waals surface area (Å²) in [4.78, 5) is 28.8. The van der Waals surface area contributed by atoms with Gasteiger partial charge in [-0.05, 0) is 38.1 Å². The third kappa shape index (κ3) is 2.29. The van der Waals surface area contributed by atoms with Crippen LogP contribution in [0, 0.1) is 0 Å². The van der Waals surface area contributed by atoms with Gasteiger partial charge in [-0.25, -0.2) is 4.98 Å². The van der Waals surface area contributed by atoms with Gasteiger partial charge in [0.1, 0.15) is 12.1 Å². The van der Waals surface area contributed by atoms with Crippen molar-refractivity contribution < 1.29 is 4.79 Å². The van der Waals surface area contributed by atoms with Crippen LogP contribution in [0.4, 0.5) is 0 Å². The molecule has 0 bridgehead atoms. The number of nitrogens with zero attached hydrogens (tertiary/aromatic N) is 3. The van der Waals surface area contributed by atoms with E-state index in [9.17, 15) is 9.59 Å². The average molecular weight is 284 g/mol. The summed E-state index contributed by atoms with van der Waals surface area (Å²) in [7, 11) is 0. The molecule has 21 heavy (non-hydrogen) atoms. The molecule has 3 aromatic heterocycles. The van der Waals surface area contributed by atoms with Gasteiger partial charge in [0, 0.05) is 18.4 Å². The van der Waals surface area contributed by atoms with Crippen LogP contribution in [0.15, 0.2) is 41.5 Å². The number of fused-ring (bicyclic) bond motifs is 3. The molecule has 3 rings (SSSR count). The maximum Gasteiger partial charge on any atom is 0.276 e. The summed E-state index contributed by atoms with van der Waals surface area (Å²) in [6.07, 6.45) is 3.44. The first kappa shape index (κ1) is 13.4. The van der Waals surface area contributed by atoms with Crippen molar-refractivity contribution in [2.45, 2.75) is 26.4 Å². The molecule has 6 heteroatoms. The predicted molar refractivity (Wildman–Crippen MR) is 80.2 cm³/mol. The zero-order valence-corrected chi connectivity index (χ0v) is 11.9. The van der Waals surface area contributed by atoms with Crippen LogP contribution < -0.4 is 10.9 Å². The Kier molecular flexibility index (Phi) is 3.21. The summed E-state index contributed by atoms with van der Waals surface area (Å²) in [5, 5.41) is 2.79. The Bertz CT molecular complexity index is 876. The highest BCUT2D eigenvalue weighted by atomic mass is 16.2. The minimum Gasteiger partial charge on any atom is -0.352 e. The normalized spacial score (nSPS) is 11.4. The van der Waals surface area contributed by atoms with E-state index in [2.05, 4.69) is 10.3 Å². The Balaban J connectivity index is 2.22. The average Bonchev–Trinajstić information content (AvgIpc) is 2.92. The Morgan fingerprint density at radius 1 is 1.29 bits per heavy atom. The maximum atomic E-state index is 12.5. The van der Waals surface area contributed by atoms with Crippen molar-refractivity contribution in [3.63, 3.8) is 0 Å². The van der Waals surface area contributed by atoms with E-state index < -0.39 is 0 Å². The number of carbonyl (C=O) groups excluding carboxylic acids is 1. The quantitative estimate of drug-likeness (QED) is 0.785. The van der Waals surface area contributed by atoms with Crippen molar-refractivity contribution in [1.82, 2.24) is 19.3 Å². The minimum atomic E-state index is -0.217. The van der Waals surface area contributed by atoms with Gasteiger partial charge in [-0.15, -0.1) is 0 Å². The highest BCUT2D eigenvalue weighted by Gasteiger charge is 2.14. The van der Waals surface area contributed by atoms with Gasteiger partial charge in [-0.2, -0.15) is 0 Å². The van der Waals surface area contributed by atoms with Gasteiger partial charge < -0.3 is 9.72 Å². The zero-order chi connectivity index (χ0) is 15.0. The number of amides is 1. The molecule has 1 amide bonds. The van der Waals surface area contributed by atoms with Crippen LogP contribution in [0.1, 0.15) is 13.8 Å². The molecule has 0 atom stereocenters. The van der Waals surface area contributed by atoms with E-state index in [0.29, 0.717) is 11.2 Å². The van der Waals surface area contributed by atoms with Crippen molar-refractivity contribution in [1.29, 1.82) is 0 Å². The molecule has 0 aliphatic rings. The molecule has 0 fully saturated rings. The number of hydrogen-bond donors (Lipinski definition) is 1. The van der Waals surface area contributed by atoms with Gasteiger partial charge in [0.25, 0.3) is 5.56 Å². The lowest BCUT2D eigenvalue weighted by molar-refractivity contribution is -0.122. The number of nitrogens with one attached hydrogen (secondary N) is 1. The summed E-state index contributed by atoms with van der Waals surface area (Å²) in [5.74, 6) is -0.199. The fraction of sp³-hybridized carbons (Fsp3) is 0.267. The van der Waals surface area contributed by atoms with Crippen LogP contribution >= 0.6 is 0 Å². The Morgan fingerprint density at radius 2 is 2.05 bits per heavy atom. The fourth-order valence-electron chi connectivity index (χ4n) is 2.44. The summed E-state index contributed by atoms with van der Waals surface area (Å²) >= 11 is 0. The third-order valence-corrected chi connectivity index (χ3v) is 3.25. The fourth-order valence-corrected chi connectivity index (χ4v) is 2.44. The second-order valence-electron chi connectivity index (χ2n) is 5.22. The summed E-state index contributed by atoms with van der Waals surface area (Å²) in [5.41, 5.74) is 1.62. The third-order valence-electron chi connectivity index (χ3n) is 3.25. The highest BCUT2D eigenvalue weighted by molar-refractivity contribution is 5.80. The first-order chi connectivity index (χ1) is 10.1. The van der Waals surface area contributed by atoms with Gasteiger partial charge in [-0.3, -0.25) is 14.2 Å². The maximum absolute atomic E-state index is 12.5. The molecule has 0 aliphatic heterocycles. The lowest BCUT2D eigenvalue weighted by atomic mass is 10.3. The molecule has 108 valence electrons. The van der Waals surface area contributed by atoms with Crippen LogP contribution in [0.25, 0.3) is 16.7 Å². The first-order valence-electron chi connectivity index (χ1n) is 6.82. The number of carbonyl (C=O) groups is 1. The molecular weight excluding hydrogens is 268 g/mol. The Labute approximate surface area is 121 Å². The molecule has 0 aromatic carbocycles. The van der Waals surface area contributed by atoms with Gasteiger partial charge in [0.2, 0.25) is 5.91 Å². The predicted octanol–water partition coefficient (Wildman–Crippen LogP) is 1.17. The molecule has 3 heterocycles. The summed E-state index contributed by atoms with van der Waals surface area (Å²) in [6, 6.07) is 7.27. The van der Waals surface area contributed by atoms with Crippen molar-refractivity contribution in [3.05, 3.63) is 47.0 Å². The van der Waals surface area contributed by atoms with Crippen molar-refractivity contribution in [2.24, 2.45) is 0 Å². The van der Waals surface area contributed by atoms with Gasteiger partial charge in [0.15, 0.2) is 5.65 Å². The topological polar surface area (TPSA) is 68.4 Å². The molecule has 6 nitrogen and oxygen atoms in total. The lowest BCUT2D eigenvalue weighted by Gasteiger charge is -2.13. The van der Waals surface area contributed by atoms with Crippen LogP contribution in [0.5, 0.6) is 0 Å². The van der Waals surface area contributed by atoms with Crippen molar-refractivity contribution >= 4 is 22.6 Å². The van der Waals surface area contributed by atoms with Crippen molar-refractivity contribution in [3.8, 4) is 0 Å². The monoisotopic (exact) mass is 284 g/mol. The number of hydrogen-bond acceptors (Lipinski definition) is 3. The SMILES string of the molecule is CC(C)NC(=O)Cn1c(=O)c2cccn2c2cccnc21. The summed E-state index contributed by atoms with van der Waals surface area (Å²) < 4.78 is 3.21. The van der Waals surface area contributed by atoms with E-state index >= 15 is 0 Å². The Hall–Kier alpha value is -2.63. The molecule has 0 saturated carbocycles. The van der Waals surface area contributed by atoms with Crippen LogP contribution in [0.2, 0.25) is 0 Å². The van der Waals surface area contributed by atoms with E-state index in [1.54, 1.807) is 16.7 Å². The van der Waals surface area contributed by atoms with Gasteiger partial charge in [-0.1, -0.05) is 0 Å². The van der Waals surface area contributed by atoms with Gasteiger partial charge >= 0.3 is 0 Å². The second kappa shape index (κ2) is 5.05. The van der Waals surface area contributed by atoms with E-state index in [1.807, 2.05) is 38.2 Å². The van der Waals surface area contributed by atoms with Crippen LogP contribution in [-0.4, -0.2) is 25.9 Å². The molecule has 1 N–H and O–H groups in total. The van der Waals surface area contributed by atoms with Crippen LogP contribution in [0.3, 0.4) is 0 Å². The van der Waals surface area contributed by atoms with Crippen LogP contribution in [-0.2, 0) is 11.3 Å². The second-order valence-corrected chi connectivity index (χ2v) is 5.22. The number of pyridine rings is 1. The summed E-state index contributed by atoms with van der Waals surface area (Å²) in [6.45, 7) is 3.73. The molecule has 0 spiro atoms. The minimum absolute atomic E-state index is 0.0319. The molecule has 0 unspecified atom stereocenters. The molecule has 0 radical (unpaired) electrons. The first-order valence-corrected chi connectivity index (χ1v) is 6.82. The highest BCUT2D eigenvalue weighted by Crippen LogP contribution is 2.12. The van der Waals surface area contributed by atoms with E-state index in [0.717, 1.165) is 5.52 Å². The van der Waals surface area contributed by atoms with E-state index in [-0.39, 0.29) is 24.1 Å². The number of rotatable bonds is 3. The van der Waals surface area contributed by atoms with Gasteiger partial charge in [0.05, 0.1) is 5.52 Å². The largest absolute Gasteiger partial charge is 0.352 e. The van der Waals surface area contributed by atoms with Crippen molar-refractivity contribution in [2.75, 3.05) is 0 Å². The zero-order valence-electron chi connectivity index (χ0n) is 11.9. The molecule has 0 saturated heterocycles. The Morgan fingerprint density at radius 3 is 2.81 bits per heavy atom. The molecule has 0 aliphatic carbocycles. The smallest absolute Gasteiger partial charge is 0.276 e. The molecular formula is C15H16N4O2. The standard InChI is InChI=1S/C15H16N4O2/c1-10(2)17-13(20)9-19-14-11(5-3-7-16-14)18-8-4-6-12(18)15(19)21/h3-8,10H,9H2,1-2H3,(H,17,20). The van der Waals surface area contributed by atoms with E-state index in [1.165, 1.54) is 4.57 Å². The van der Waals surface area contributed by atoms with E-state index in [4.69, 9.17) is 0 Å². The molecule has 3 aromatic rings. The number of aromatic nitrogens is 3.